The van der Waals surface area contributed by atoms with E-state index in [1.807, 2.05) is 19.0 Å². The standard InChI is InChI=1S/C19H21N3O4/c1-21(2)10-6-11-22-16(13-7-3-4-9-20-13)15(18(24)19(22)25)17(23)14-8-5-12-26-14/h3-5,7-9,12,16,24H,6,10-11H2,1-2H3. The molecule has 2 aromatic rings. The van der Waals surface area contributed by atoms with Gasteiger partial charge < -0.3 is 19.3 Å². The number of carbonyl (C=O) groups is 2. The Balaban J connectivity index is 1.97. The molecular formula is C19H21N3O4. The molecule has 0 radical (unpaired) electrons. The lowest BCUT2D eigenvalue weighted by atomic mass is 9.98. The van der Waals surface area contributed by atoms with Crippen molar-refractivity contribution in [1.82, 2.24) is 14.8 Å². The molecule has 0 saturated carbocycles. The van der Waals surface area contributed by atoms with Crippen LogP contribution < -0.4 is 0 Å². The van der Waals surface area contributed by atoms with Crippen LogP contribution in [-0.4, -0.2) is 58.8 Å². The summed E-state index contributed by atoms with van der Waals surface area (Å²) in [5.74, 6) is -1.52. The van der Waals surface area contributed by atoms with Gasteiger partial charge in [-0.3, -0.25) is 14.6 Å². The summed E-state index contributed by atoms with van der Waals surface area (Å²) in [5.41, 5.74) is 0.540. The molecule has 0 aliphatic carbocycles. The number of carbonyl (C=O) groups excluding carboxylic acids is 2. The maximum atomic E-state index is 12.8. The van der Waals surface area contributed by atoms with Gasteiger partial charge in [0.2, 0.25) is 5.78 Å². The first kappa shape index (κ1) is 17.9. The lowest BCUT2D eigenvalue weighted by Crippen LogP contribution is -2.33. The Labute approximate surface area is 151 Å². The van der Waals surface area contributed by atoms with Crippen molar-refractivity contribution in [3.63, 3.8) is 0 Å². The molecule has 136 valence electrons. The molecule has 3 heterocycles. The number of Topliss-reactive ketones (excluding diaryl/α,β-unsaturated/α-hetero) is 1. The monoisotopic (exact) mass is 355 g/mol. The summed E-state index contributed by atoms with van der Waals surface area (Å²) in [7, 11) is 3.90. The van der Waals surface area contributed by atoms with Crippen molar-refractivity contribution in [2.24, 2.45) is 0 Å². The van der Waals surface area contributed by atoms with E-state index < -0.39 is 23.5 Å². The summed E-state index contributed by atoms with van der Waals surface area (Å²) in [4.78, 5) is 33.3. The Kier molecular flexibility index (Phi) is 5.18. The number of nitrogens with zero attached hydrogens (tertiary/aromatic N) is 3. The van der Waals surface area contributed by atoms with Crippen LogP contribution in [0.5, 0.6) is 0 Å². The number of amides is 1. The molecule has 1 aliphatic rings. The van der Waals surface area contributed by atoms with Crippen molar-refractivity contribution in [1.29, 1.82) is 0 Å². The van der Waals surface area contributed by atoms with Gasteiger partial charge in [0.1, 0.15) is 6.04 Å². The lowest BCUT2D eigenvalue weighted by Gasteiger charge is -2.26. The van der Waals surface area contributed by atoms with E-state index in [9.17, 15) is 14.7 Å². The molecule has 0 saturated heterocycles. The van der Waals surface area contributed by atoms with Crippen LogP contribution in [0, 0.1) is 0 Å². The van der Waals surface area contributed by atoms with Crippen LogP contribution in [0.3, 0.4) is 0 Å². The average Bonchev–Trinajstić information content (AvgIpc) is 3.24. The van der Waals surface area contributed by atoms with Gasteiger partial charge in [-0.15, -0.1) is 0 Å². The van der Waals surface area contributed by atoms with Gasteiger partial charge in [0.25, 0.3) is 5.91 Å². The fraction of sp³-hybridized carbons (Fsp3) is 0.316. The van der Waals surface area contributed by atoms with Gasteiger partial charge in [0, 0.05) is 12.7 Å². The average molecular weight is 355 g/mol. The molecule has 1 amide bonds. The predicted octanol–water partition coefficient (Wildman–Crippen LogP) is 2.20. The molecule has 0 spiro atoms. The van der Waals surface area contributed by atoms with E-state index in [-0.39, 0.29) is 11.3 Å². The number of furan rings is 1. The summed E-state index contributed by atoms with van der Waals surface area (Å²) < 4.78 is 5.17. The molecule has 0 fully saturated rings. The Morgan fingerprint density at radius 2 is 2.12 bits per heavy atom. The minimum Gasteiger partial charge on any atom is -0.503 e. The third-order valence-corrected chi connectivity index (χ3v) is 4.27. The highest BCUT2D eigenvalue weighted by Crippen LogP contribution is 2.38. The van der Waals surface area contributed by atoms with Gasteiger partial charge in [0.15, 0.2) is 11.5 Å². The SMILES string of the molecule is CN(C)CCCN1C(=O)C(O)=C(C(=O)c2ccco2)C1c1ccccn1. The zero-order chi connectivity index (χ0) is 18.7. The molecule has 3 rings (SSSR count). The summed E-state index contributed by atoms with van der Waals surface area (Å²) in [6.45, 7) is 1.18. The number of ketones is 1. The van der Waals surface area contributed by atoms with Crippen molar-refractivity contribution >= 4 is 11.7 Å². The molecular weight excluding hydrogens is 334 g/mol. The highest BCUT2D eigenvalue weighted by molar-refractivity contribution is 6.14. The zero-order valence-corrected chi connectivity index (χ0v) is 14.8. The van der Waals surface area contributed by atoms with Gasteiger partial charge in [0.05, 0.1) is 17.5 Å². The number of aliphatic hydroxyl groups is 1. The van der Waals surface area contributed by atoms with Crippen LogP contribution in [0.4, 0.5) is 0 Å². The van der Waals surface area contributed by atoms with Crippen molar-refractivity contribution in [2.45, 2.75) is 12.5 Å². The van der Waals surface area contributed by atoms with E-state index in [1.54, 1.807) is 30.5 Å². The second-order valence-corrected chi connectivity index (χ2v) is 6.38. The third-order valence-electron chi connectivity index (χ3n) is 4.27. The molecule has 1 N–H and O–H groups in total. The first-order valence-electron chi connectivity index (χ1n) is 8.38. The molecule has 1 atom stereocenters. The molecule has 2 aromatic heterocycles. The smallest absolute Gasteiger partial charge is 0.290 e. The highest BCUT2D eigenvalue weighted by atomic mass is 16.3. The van der Waals surface area contributed by atoms with Crippen LogP contribution >= 0.6 is 0 Å². The predicted molar refractivity (Wildman–Crippen MR) is 94.6 cm³/mol. The number of pyridine rings is 1. The Hall–Kier alpha value is -2.93. The summed E-state index contributed by atoms with van der Waals surface area (Å²) in [6.07, 6.45) is 3.69. The van der Waals surface area contributed by atoms with Crippen molar-refractivity contribution in [3.05, 3.63) is 65.6 Å². The molecule has 1 unspecified atom stereocenters. The molecule has 1 aliphatic heterocycles. The zero-order valence-electron chi connectivity index (χ0n) is 14.8. The first-order chi connectivity index (χ1) is 12.5. The number of aromatic nitrogens is 1. The fourth-order valence-corrected chi connectivity index (χ4v) is 3.06. The van der Waals surface area contributed by atoms with E-state index in [4.69, 9.17) is 4.42 Å². The van der Waals surface area contributed by atoms with Crippen molar-refractivity contribution in [2.75, 3.05) is 27.2 Å². The van der Waals surface area contributed by atoms with Crippen LogP contribution in [0.1, 0.15) is 28.7 Å². The molecule has 0 bridgehead atoms. The maximum absolute atomic E-state index is 12.8. The second-order valence-electron chi connectivity index (χ2n) is 6.38. The van der Waals surface area contributed by atoms with Gasteiger partial charge in [-0.1, -0.05) is 6.07 Å². The first-order valence-corrected chi connectivity index (χ1v) is 8.38. The van der Waals surface area contributed by atoms with Crippen LogP contribution in [0.15, 0.2) is 58.5 Å². The van der Waals surface area contributed by atoms with E-state index in [0.717, 1.165) is 6.54 Å². The molecule has 0 aromatic carbocycles. The fourth-order valence-electron chi connectivity index (χ4n) is 3.06. The van der Waals surface area contributed by atoms with E-state index in [0.29, 0.717) is 18.7 Å². The second kappa shape index (κ2) is 7.53. The molecule has 7 nitrogen and oxygen atoms in total. The summed E-state index contributed by atoms with van der Waals surface area (Å²) >= 11 is 0. The van der Waals surface area contributed by atoms with Crippen LogP contribution in [0.2, 0.25) is 0 Å². The number of hydrogen-bond donors (Lipinski definition) is 1. The normalized spacial score (nSPS) is 17.4. The number of rotatable bonds is 7. The van der Waals surface area contributed by atoms with Gasteiger partial charge in [-0.05, 0) is 51.3 Å². The van der Waals surface area contributed by atoms with E-state index in [1.165, 1.54) is 17.2 Å². The van der Waals surface area contributed by atoms with Crippen LogP contribution in [-0.2, 0) is 4.79 Å². The highest BCUT2D eigenvalue weighted by Gasteiger charge is 2.44. The van der Waals surface area contributed by atoms with Gasteiger partial charge >= 0.3 is 0 Å². The minimum atomic E-state index is -0.733. The van der Waals surface area contributed by atoms with Gasteiger partial charge in [-0.2, -0.15) is 0 Å². The Bertz CT molecular complexity index is 813. The minimum absolute atomic E-state index is 0.00787. The molecule has 26 heavy (non-hydrogen) atoms. The Morgan fingerprint density at radius 3 is 2.73 bits per heavy atom. The summed E-state index contributed by atoms with van der Waals surface area (Å²) in [5, 5.41) is 10.4. The van der Waals surface area contributed by atoms with Gasteiger partial charge in [-0.25, -0.2) is 0 Å². The van der Waals surface area contributed by atoms with Crippen molar-refractivity contribution < 1.29 is 19.1 Å². The third kappa shape index (κ3) is 3.39. The summed E-state index contributed by atoms with van der Waals surface area (Å²) in [6, 6.07) is 7.65. The Morgan fingerprint density at radius 1 is 1.31 bits per heavy atom. The topological polar surface area (TPSA) is 86.9 Å². The van der Waals surface area contributed by atoms with Crippen LogP contribution in [0.25, 0.3) is 0 Å². The maximum Gasteiger partial charge on any atom is 0.290 e. The molecule has 7 heteroatoms. The van der Waals surface area contributed by atoms with E-state index >= 15 is 0 Å². The van der Waals surface area contributed by atoms with Crippen molar-refractivity contribution in [3.8, 4) is 0 Å². The lowest BCUT2D eigenvalue weighted by molar-refractivity contribution is -0.129. The number of hydrogen-bond acceptors (Lipinski definition) is 6. The largest absolute Gasteiger partial charge is 0.503 e. The van der Waals surface area contributed by atoms with E-state index in [2.05, 4.69) is 4.98 Å². The quantitative estimate of drug-likeness (QED) is 0.766. The number of aliphatic hydroxyl groups excluding tert-OH is 1.